The quantitative estimate of drug-likeness (QED) is 0.399. The van der Waals surface area contributed by atoms with Crippen molar-refractivity contribution >= 4 is 33.2 Å². The van der Waals surface area contributed by atoms with E-state index in [1.165, 1.54) is 16.3 Å². The molecule has 5 heteroatoms. The zero-order valence-corrected chi connectivity index (χ0v) is 18.4. The molecule has 1 aliphatic heterocycles. The lowest BCUT2D eigenvalue weighted by Crippen LogP contribution is -2.41. The minimum Gasteiger partial charge on any atom is -0.356 e. The first-order valence-electron chi connectivity index (χ1n) is 11.6. The van der Waals surface area contributed by atoms with E-state index in [4.69, 9.17) is 0 Å². The number of fused-ring (bicyclic) bond motifs is 6. The summed E-state index contributed by atoms with van der Waals surface area (Å²) in [5.41, 5.74) is 6.44. The maximum atomic E-state index is 9.98. The van der Waals surface area contributed by atoms with Gasteiger partial charge in [0.2, 0.25) is 0 Å². The maximum Gasteiger partial charge on any atom is 0.0989 e. The molecule has 0 fully saturated rings. The van der Waals surface area contributed by atoms with Crippen LogP contribution in [0.1, 0.15) is 17.9 Å². The molecule has 7 rings (SSSR count). The fraction of sp³-hybridized carbons (Fsp3) is 0.138. The van der Waals surface area contributed by atoms with Crippen LogP contribution in [0.4, 0.5) is 5.69 Å². The SMILES string of the molecule is N#CC1=CC(N2c3cnccc3C3C=CC=CC32)CC(n2c3ccccc3c3ccncc32)=C1. The summed E-state index contributed by atoms with van der Waals surface area (Å²) in [6.45, 7) is 0. The Labute approximate surface area is 197 Å². The van der Waals surface area contributed by atoms with E-state index >= 15 is 0 Å². The topological polar surface area (TPSA) is 57.7 Å². The van der Waals surface area contributed by atoms with Gasteiger partial charge in [0.15, 0.2) is 0 Å². The van der Waals surface area contributed by atoms with Crippen molar-refractivity contribution in [2.45, 2.75) is 24.4 Å². The molecule has 4 heterocycles. The second kappa shape index (κ2) is 7.29. The highest BCUT2D eigenvalue weighted by Crippen LogP contribution is 2.46. The van der Waals surface area contributed by atoms with E-state index in [2.05, 4.69) is 92.3 Å². The van der Waals surface area contributed by atoms with Crippen molar-refractivity contribution in [1.82, 2.24) is 14.5 Å². The van der Waals surface area contributed by atoms with Crippen LogP contribution in [0.15, 0.2) is 103 Å². The predicted octanol–water partition coefficient (Wildman–Crippen LogP) is 5.75. The molecule has 3 atom stereocenters. The van der Waals surface area contributed by atoms with E-state index in [1.807, 2.05) is 30.9 Å². The lowest BCUT2D eigenvalue weighted by Gasteiger charge is -2.36. The standard InChI is InChI=1S/C29H21N5/c30-16-19-13-20(33-26-7-3-1-5-22(26)24-9-11-31-17-28(24)33)15-21(14-19)34-27-8-4-2-6-23(27)25-10-12-32-18-29(25)34/h1-14,17-18,20,22,26H,15H2. The molecule has 4 aromatic rings. The summed E-state index contributed by atoms with van der Waals surface area (Å²) in [6, 6.07) is 15.3. The molecule has 3 aromatic heterocycles. The van der Waals surface area contributed by atoms with E-state index < -0.39 is 0 Å². The van der Waals surface area contributed by atoms with Crippen LogP contribution in [0, 0.1) is 11.3 Å². The van der Waals surface area contributed by atoms with Gasteiger partial charge in [0.05, 0.1) is 52.8 Å². The third-order valence-electron chi connectivity index (χ3n) is 7.26. The average molecular weight is 440 g/mol. The average Bonchev–Trinajstić information content (AvgIpc) is 3.42. The van der Waals surface area contributed by atoms with Gasteiger partial charge in [0.25, 0.3) is 0 Å². The van der Waals surface area contributed by atoms with Crippen molar-refractivity contribution in [2.75, 3.05) is 4.90 Å². The number of aromatic nitrogens is 3. The third-order valence-corrected chi connectivity index (χ3v) is 7.26. The number of anilines is 1. The molecule has 3 unspecified atom stereocenters. The second-order valence-corrected chi connectivity index (χ2v) is 9.01. The highest BCUT2D eigenvalue weighted by Gasteiger charge is 2.40. The minimum atomic E-state index is 0.0385. The molecule has 3 aliphatic rings. The van der Waals surface area contributed by atoms with Crippen molar-refractivity contribution in [3.63, 3.8) is 0 Å². The molecule has 0 bridgehead atoms. The highest BCUT2D eigenvalue weighted by molar-refractivity contribution is 6.09. The number of hydrogen-bond acceptors (Lipinski definition) is 4. The molecule has 0 saturated carbocycles. The molecular formula is C29H21N5. The molecule has 5 nitrogen and oxygen atoms in total. The fourth-order valence-electron chi connectivity index (χ4n) is 5.90. The Morgan fingerprint density at radius 3 is 2.68 bits per heavy atom. The van der Waals surface area contributed by atoms with E-state index in [0.717, 1.165) is 28.8 Å². The molecule has 0 amide bonds. The molecule has 34 heavy (non-hydrogen) atoms. The number of nitrogens with zero attached hydrogens (tertiary/aromatic N) is 5. The van der Waals surface area contributed by atoms with Gasteiger partial charge in [-0.3, -0.25) is 9.97 Å². The summed E-state index contributed by atoms with van der Waals surface area (Å²) in [6.07, 6.45) is 21.3. The van der Waals surface area contributed by atoms with Crippen molar-refractivity contribution in [1.29, 1.82) is 5.26 Å². The first kappa shape index (κ1) is 19.1. The van der Waals surface area contributed by atoms with Crippen molar-refractivity contribution in [3.05, 3.63) is 109 Å². The summed E-state index contributed by atoms with van der Waals surface area (Å²) >= 11 is 0. The van der Waals surface area contributed by atoms with Crippen LogP contribution in [-0.2, 0) is 0 Å². The Bertz CT molecular complexity index is 1570. The van der Waals surface area contributed by atoms with E-state index in [1.54, 1.807) is 0 Å². The fourth-order valence-corrected chi connectivity index (χ4v) is 5.90. The normalized spacial score (nSPS) is 22.9. The van der Waals surface area contributed by atoms with Gasteiger partial charge >= 0.3 is 0 Å². The zero-order valence-electron chi connectivity index (χ0n) is 18.4. The van der Waals surface area contributed by atoms with Gasteiger partial charge in [-0.2, -0.15) is 5.26 Å². The predicted molar refractivity (Wildman–Crippen MR) is 135 cm³/mol. The van der Waals surface area contributed by atoms with Crippen molar-refractivity contribution < 1.29 is 0 Å². The van der Waals surface area contributed by atoms with Gasteiger partial charge in [-0.15, -0.1) is 0 Å². The van der Waals surface area contributed by atoms with E-state index in [9.17, 15) is 5.26 Å². The first-order valence-corrected chi connectivity index (χ1v) is 11.6. The number of para-hydroxylation sites is 1. The molecule has 1 aromatic carbocycles. The summed E-state index contributed by atoms with van der Waals surface area (Å²) < 4.78 is 2.28. The highest BCUT2D eigenvalue weighted by atomic mass is 15.2. The smallest absolute Gasteiger partial charge is 0.0989 e. The minimum absolute atomic E-state index is 0.0385. The molecule has 162 valence electrons. The van der Waals surface area contributed by atoms with Gasteiger partial charge in [-0.05, 0) is 35.9 Å². The van der Waals surface area contributed by atoms with Gasteiger partial charge < -0.3 is 9.47 Å². The third kappa shape index (κ3) is 2.66. The van der Waals surface area contributed by atoms with Gasteiger partial charge in [0, 0.05) is 41.2 Å². The summed E-state index contributed by atoms with van der Waals surface area (Å²) in [5, 5.41) is 12.3. The van der Waals surface area contributed by atoms with Crippen LogP contribution in [0.25, 0.3) is 27.5 Å². The Hall–Kier alpha value is -4.43. The van der Waals surface area contributed by atoms with Crippen LogP contribution in [0.2, 0.25) is 0 Å². The summed E-state index contributed by atoms with van der Waals surface area (Å²) in [7, 11) is 0. The van der Waals surface area contributed by atoms with E-state index in [-0.39, 0.29) is 12.1 Å². The summed E-state index contributed by atoms with van der Waals surface area (Å²) in [4.78, 5) is 11.3. The molecule has 0 radical (unpaired) electrons. The van der Waals surface area contributed by atoms with Crippen LogP contribution in [0.3, 0.4) is 0 Å². The number of benzene rings is 1. The molecule has 2 aliphatic carbocycles. The molecular weight excluding hydrogens is 418 g/mol. The maximum absolute atomic E-state index is 9.98. The van der Waals surface area contributed by atoms with Crippen molar-refractivity contribution in [3.8, 4) is 6.07 Å². The monoisotopic (exact) mass is 439 g/mol. The zero-order chi connectivity index (χ0) is 22.6. The van der Waals surface area contributed by atoms with Gasteiger partial charge in [-0.25, -0.2) is 0 Å². The number of pyridine rings is 2. The molecule has 0 N–H and O–H groups in total. The summed E-state index contributed by atoms with van der Waals surface area (Å²) in [5.74, 6) is 0.300. The Balaban J connectivity index is 1.39. The lowest BCUT2D eigenvalue weighted by atomic mass is 9.91. The molecule has 0 saturated heterocycles. The van der Waals surface area contributed by atoms with Crippen molar-refractivity contribution in [2.24, 2.45) is 0 Å². The van der Waals surface area contributed by atoms with E-state index in [0.29, 0.717) is 11.5 Å². The van der Waals surface area contributed by atoms with Gasteiger partial charge in [-0.1, -0.05) is 42.5 Å². The Morgan fingerprint density at radius 1 is 0.912 bits per heavy atom. The number of hydrogen-bond donors (Lipinski definition) is 0. The largest absolute Gasteiger partial charge is 0.356 e. The van der Waals surface area contributed by atoms with Crippen LogP contribution in [0.5, 0.6) is 0 Å². The Morgan fingerprint density at radius 2 is 1.74 bits per heavy atom. The number of rotatable bonds is 2. The van der Waals surface area contributed by atoms with Crippen LogP contribution < -0.4 is 4.90 Å². The first-order chi connectivity index (χ1) is 16.8. The lowest BCUT2D eigenvalue weighted by molar-refractivity contribution is 0.612. The molecule has 0 spiro atoms. The van der Waals surface area contributed by atoms with Crippen LogP contribution in [-0.4, -0.2) is 26.6 Å². The van der Waals surface area contributed by atoms with Crippen LogP contribution >= 0.6 is 0 Å². The van der Waals surface area contributed by atoms with Gasteiger partial charge in [0.1, 0.15) is 0 Å². The second-order valence-electron chi connectivity index (χ2n) is 9.01. The Kier molecular flexibility index (Phi) is 4.09. The number of allylic oxidation sites excluding steroid dienone is 4. The number of nitriles is 1.